The zero-order valence-electron chi connectivity index (χ0n) is 10.5. The fourth-order valence-electron chi connectivity index (χ4n) is 2.00. The summed E-state index contributed by atoms with van der Waals surface area (Å²) in [7, 11) is 0. The van der Waals surface area contributed by atoms with Crippen molar-refractivity contribution in [3.8, 4) is 11.4 Å². The van der Waals surface area contributed by atoms with Crippen LogP contribution in [-0.4, -0.2) is 20.8 Å². The third-order valence-corrected chi connectivity index (χ3v) is 2.91. The molecule has 0 radical (unpaired) electrons. The predicted octanol–water partition coefficient (Wildman–Crippen LogP) is 3.36. The van der Waals surface area contributed by atoms with Gasteiger partial charge in [-0.05, 0) is 24.3 Å². The zero-order valence-corrected chi connectivity index (χ0v) is 10.5. The second kappa shape index (κ2) is 4.86. The second-order valence-electron chi connectivity index (χ2n) is 4.23. The number of fused-ring (bicyclic) bond motifs is 1. The molecular formula is C14H8F2N2O3. The molecule has 5 nitrogen and oxygen atoms in total. The normalized spacial score (nSPS) is 10.8. The van der Waals surface area contributed by atoms with Gasteiger partial charge < -0.3 is 9.84 Å². The fourth-order valence-corrected chi connectivity index (χ4v) is 2.00. The topological polar surface area (TPSA) is 64.3 Å². The van der Waals surface area contributed by atoms with E-state index >= 15 is 0 Å². The van der Waals surface area contributed by atoms with Gasteiger partial charge in [-0.25, -0.2) is 18.6 Å². The number of imidazole rings is 1. The summed E-state index contributed by atoms with van der Waals surface area (Å²) in [4.78, 5) is 14.6. The van der Waals surface area contributed by atoms with Crippen LogP contribution in [0.2, 0.25) is 0 Å². The number of nitrogens with zero attached hydrogens (tertiary/aromatic N) is 2. The minimum atomic E-state index is -1.42. The summed E-state index contributed by atoms with van der Waals surface area (Å²) in [6.07, 6.45) is 0.0106. The maximum absolute atomic E-state index is 13.3. The Morgan fingerprint density at radius 3 is 2.67 bits per heavy atom. The lowest BCUT2D eigenvalue weighted by Gasteiger charge is -2.05. The number of rotatable bonds is 2. The van der Waals surface area contributed by atoms with Gasteiger partial charge in [-0.1, -0.05) is 0 Å². The fraction of sp³-hybridized carbons (Fsp3) is 0. The number of hydrogen-bond donors (Lipinski definition) is 1. The SMILES string of the molecule is O=C(O)Oc1ccc2c(c1)ncn2-c1ccc(F)c(F)c1. The van der Waals surface area contributed by atoms with Gasteiger partial charge in [0.25, 0.3) is 0 Å². The molecule has 1 aromatic heterocycles. The third kappa shape index (κ3) is 2.40. The van der Waals surface area contributed by atoms with E-state index in [2.05, 4.69) is 9.72 Å². The number of hydrogen-bond acceptors (Lipinski definition) is 3. The Morgan fingerprint density at radius 2 is 1.95 bits per heavy atom. The Hall–Kier alpha value is -2.96. The minimum Gasteiger partial charge on any atom is -0.449 e. The van der Waals surface area contributed by atoms with Crippen LogP contribution < -0.4 is 4.74 Å². The van der Waals surface area contributed by atoms with Gasteiger partial charge in [-0.3, -0.25) is 4.57 Å². The molecule has 7 heteroatoms. The standard InChI is InChI=1S/C14H8F2N2O3/c15-10-3-1-8(5-11(10)16)18-7-17-12-6-9(21-14(19)20)2-4-13(12)18/h1-7H,(H,19,20). The van der Waals surface area contributed by atoms with Crippen LogP contribution in [0.1, 0.15) is 0 Å². The highest BCUT2D eigenvalue weighted by Gasteiger charge is 2.10. The maximum atomic E-state index is 13.3. The molecule has 1 heterocycles. The van der Waals surface area contributed by atoms with Gasteiger partial charge in [0.15, 0.2) is 11.6 Å². The summed E-state index contributed by atoms with van der Waals surface area (Å²) in [6, 6.07) is 7.98. The number of benzene rings is 2. The van der Waals surface area contributed by atoms with Gasteiger partial charge in [0, 0.05) is 12.1 Å². The van der Waals surface area contributed by atoms with Gasteiger partial charge >= 0.3 is 6.16 Å². The molecular weight excluding hydrogens is 282 g/mol. The number of carbonyl (C=O) groups is 1. The Balaban J connectivity index is 2.07. The van der Waals surface area contributed by atoms with Crippen molar-refractivity contribution in [1.82, 2.24) is 9.55 Å². The van der Waals surface area contributed by atoms with Gasteiger partial charge in [-0.2, -0.15) is 0 Å². The Kier molecular flexibility index (Phi) is 3.02. The van der Waals surface area contributed by atoms with Crippen molar-refractivity contribution in [3.63, 3.8) is 0 Å². The van der Waals surface area contributed by atoms with E-state index in [1.165, 1.54) is 24.5 Å². The number of carboxylic acid groups (broad SMARTS) is 1. The van der Waals surface area contributed by atoms with Crippen LogP contribution in [-0.2, 0) is 0 Å². The molecule has 0 saturated carbocycles. The molecule has 0 fully saturated rings. The van der Waals surface area contributed by atoms with Crippen LogP contribution in [0.5, 0.6) is 5.75 Å². The highest BCUT2D eigenvalue weighted by atomic mass is 19.2. The molecule has 3 rings (SSSR count). The highest BCUT2D eigenvalue weighted by Crippen LogP contribution is 2.23. The van der Waals surface area contributed by atoms with Crippen molar-refractivity contribution < 1.29 is 23.4 Å². The van der Waals surface area contributed by atoms with Crippen molar-refractivity contribution in [2.24, 2.45) is 0 Å². The van der Waals surface area contributed by atoms with E-state index in [0.29, 0.717) is 16.7 Å². The molecule has 3 aromatic rings. The second-order valence-corrected chi connectivity index (χ2v) is 4.23. The Morgan fingerprint density at radius 1 is 1.14 bits per heavy atom. The lowest BCUT2D eigenvalue weighted by Crippen LogP contribution is -2.02. The van der Waals surface area contributed by atoms with Gasteiger partial charge in [0.1, 0.15) is 12.1 Å². The van der Waals surface area contributed by atoms with Crippen LogP contribution in [0.3, 0.4) is 0 Å². The van der Waals surface area contributed by atoms with Crippen molar-refractivity contribution >= 4 is 17.2 Å². The maximum Gasteiger partial charge on any atom is 0.511 e. The highest BCUT2D eigenvalue weighted by molar-refractivity contribution is 5.79. The molecule has 21 heavy (non-hydrogen) atoms. The lowest BCUT2D eigenvalue weighted by atomic mass is 10.2. The Bertz CT molecular complexity index is 845. The summed E-state index contributed by atoms with van der Waals surface area (Å²) in [5, 5.41) is 8.55. The van der Waals surface area contributed by atoms with Crippen LogP contribution in [0.15, 0.2) is 42.7 Å². The van der Waals surface area contributed by atoms with Crippen molar-refractivity contribution in [3.05, 3.63) is 54.4 Å². The minimum absolute atomic E-state index is 0.130. The van der Waals surface area contributed by atoms with E-state index in [1.54, 1.807) is 10.6 Å². The van der Waals surface area contributed by atoms with Gasteiger partial charge in [0.05, 0.1) is 16.7 Å². The molecule has 0 saturated heterocycles. The van der Waals surface area contributed by atoms with E-state index in [1.807, 2.05) is 0 Å². The third-order valence-electron chi connectivity index (χ3n) is 2.91. The number of ether oxygens (including phenoxy) is 1. The van der Waals surface area contributed by atoms with Crippen molar-refractivity contribution in [2.45, 2.75) is 0 Å². The van der Waals surface area contributed by atoms with Crippen LogP contribution in [0.25, 0.3) is 16.7 Å². The largest absolute Gasteiger partial charge is 0.511 e. The molecule has 0 atom stereocenters. The van der Waals surface area contributed by atoms with E-state index in [4.69, 9.17) is 5.11 Å². The van der Waals surface area contributed by atoms with E-state index in [9.17, 15) is 13.6 Å². The lowest BCUT2D eigenvalue weighted by molar-refractivity contribution is 0.144. The average molecular weight is 290 g/mol. The molecule has 1 N–H and O–H groups in total. The molecule has 2 aromatic carbocycles. The molecule has 0 amide bonds. The van der Waals surface area contributed by atoms with E-state index < -0.39 is 17.8 Å². The molecule has 0 aliphatic carbocycles. The monoisotopic (exact) mass is 290 g/mol. The van der Waals surface area contributed by atoms with E-state index in [-0.39, 0.29) is 5.75 Å². The summed E-state index contributed by atoms with van der Waals surface area (Å²) >= 11 is 0. The number of halogens is 2. The molecule has 106 valence electrons. The quantitative estimate of drug-likeness (QED) is 0.580. The first kappa shape index (κ1) is 13.0. The summed E-state index contributed by atoms with van der Waals surface area (Å²) < 4.78 is 32.3. The summed E-state index contributed by atoms with van der Waals surface area (Å²) in [5.74, 6) is -1.76. The van der Waals surface area contributed by atoms with Crippen LogP contribution in [0, 0.1) is 11.6 Å². The summed E-state index contributed by atoms with van der Waals surface area (Å²) in [6.45, 7) is 0. The first-order valence-electron chi connectivity index (χ1n) is 5.88. The van der Waals surface area contributed by atoms with Crippen LogP contribution in [0.4, 0.5) is 13.6 Å². The van der Waals surface area contributed by atoms with Gasteiger partial charge in [0.2, 0.25) is 0 Å². The molecule has 0 aliphatic rings. The van der Waals surface area contributed by atoms with Crippen LogP contribution >= 0.6 is 0 Å². The predicted molar refractivity (Wildman–Crippen MR) is 69.6 cm³/mol. The molecule has 0 aliphatic heterocycles. The molecule has 0 bridgehead atoms. The van der Waals surface area contributed by atoms with E-state index in [0.717, 1.165) is 12.1 Å². The van der Waals surface area contributed by atoms with Gasteiger partial charge in [-0.15, -0.1) is 0 Å². The average Bonchev–Trinajstić information content (AvgIpc) is 2.84. The Labute approximate surface area is 117 Å². The zero-order chi connectivity index (χ0) is 15.0. The smallest absolute Gasteiger partial charge is 0.449 e. The number of aromatic nitrogens is 2. The van der Waals surface area contributed by atoms with Crippen molar-refractivity contribution in [1.29, 1.82) is 0 Å². The first-order chi connectivity index (χ1) is 10.0. The van der Waals surface area contributed by atoms with Crippen molar-refractivity contribution in [2.75, 3.05) is 0 Å². The summed E-state index contributed by atoms with van der Waals surface area (Å²) in [5.41, 5.74) is 1.49. The first-order valence-corrected chi connectivity index (χ1v) is 5.88. The molecule has 0 spiro atoms. The molecule has 0 unspecified atom stereocenters.